The van der Waals surface area contributed by atoms with Gasteiger partial charge in [-0.1, -0.05) is 54.1 Å². The van der Waals surface area contributed by atoms with Crippen LogP contribution in [0.15, 0.2) is 59.7 Å². The molecule has 1 amide bonds. The van der Waals surface area contributed by atoms with Crippen LogP contribution in [0.2, 0.25) is 5.02 Å². The van der Waals surface area contributed by atoms with E-state index in [-0.39, 0.29) is 5.91 Å². The van der Waals surface area contributed by atoms with Crippen LogP contribution >= 0.6 is 22.9 Å². The van der Waals surface area contributed by atoms with Crippen LogP contribution in [0.3, 0.4) is 0 Å². The number of amides is 1. The van der Waals surface area contributed by atoms with Gasteiger partial charge in [-0.05, 0) is 24.6 Å². The second kappa shape index (κ2) is 7.38. The summed E-state index contributed by atoms with van der Waals surface area (Å²) in [5.41, 5.74) is 4.75. The van der Waals surface area contributed by atoms with E-state index in [0.29, 0.717) is 10.7 Å². The molecule has 0 atom stereocenters. The Hall–Kier alpha value is -2.50. The van der Waals surface area contributed by atoms with Crippen molar-refractivity contribution >= 4 is 35.1 Å². The maximum atomic E-state index is 12.3. The Labute approximate surface area is 148 Å². The molecule has 120 valence electrons. The summed E-state index contributed by atoms with van der Waals surface area (Å²) in [5.74, 6) is -0.323. The normalized spacial score (nSPS) is 10.9. The van der Waals surface area contributed by atoms with E-state index in [0.717, 1.165) is 21.0 Å². The van der Waals surface area contributed by atoms with Gasteiger partial charge in [-0.15, -0.1) is 11.3 Å². The number of nitrogens with one attached hydrogen (secondary N) is 1. The third kappa shape index (κ3) is 3.88. The van der Waals surface area contributed by atoms with Crippen LogP contribution in [0.5, 0.6) is 0 Å². The van der Waals surface area contributed by atoms with Gasteiger partial charge in [-0.25, -0.2) is 10.4 Å². The number of hydrogen-bond donors (Lipinski definition) is 1. The Morgan fingerprint density at radius 1 is 1.17 bits per heavy atom. The fourth-order valence-electron chi connectivity index (χ4n) is 2.08. The minimum Gasteiger partial charge on any atom is -0.266 e. The lowest BCUT2D eigenvalue weighted by Crippen LogP contribution is -2.18. The zero-order valence-electron chi connectivity index (χ0n) is 12.9. The van der Waals surface area contributed by atoms with Gasteiger partial charge in [0.2, 0.25) is 0 Å². The largest absolute Gasteiger partial charge is 0.291 e. The first-order chi connectivity index (χ1) is 11.6. The lowest BCUT2D eigenvalue weighted by molar-refractivity contribution is 0.0950. The average molecular weight is 356 g/mol. The molecule has 24 heavy (non-hydrogen) atoms. The van der Waals surface area contributed by atoms with E-state index in [4.69, 9.17) is 11.6 Å². The zero-order valence-corrected chi connectivity index (χ0v) is 14.4. The SMILES string of the molecule is Cc1sc(-c2ccccc2)nc1C(=O)N/N=C\c1ccc(Cl)cc1. The van der Waals surface area contributed by atoms with Crippen molar-refractivity contribution in [3.05, 3.63) is 75.8 Å². The molecule has 0 aliphatic carbocycles. The molecule has 1 aromatic heterocycles. The van der Waals surface area contributed by atoms with Crippen LogP contribution in [0.4, 0.5) is 0 Å². The van der Waals surface area contributed by atoms with Crippen molar-refractivity contribution < 1.29 is 4.79 Å². The van der Waals surface area contributed by atoms with Crippen LogP contribution in [0, 0.1) is 6.92 Å². The molecule has 4 nitrogen and oxygen atoms in total. The summed E-state index contributed by atoms with van der Waals surface area (Å²) in [6.45, 7) is 1.88. The Kier molecular flexibility index (Phi) is 5.03. The van der Waals surface area contributed by atoms with Gasteiger partial charge in [0.05, 0.1) is 6.21 Å². The summed E-state index contributed by atoms with van der Waals surface area (Å²) in [6, 6.07) is 17.0. The summed E-state index contributed by atoms with van der Waals surface area (Å²) < 4.78 is 0. The molecule has 0 fully saturated rings. The van der Waals surface area contributed by atoms with Crippen molar-refractivity contribution in [3.8, 4) is 10.6 Å². The molecular formula is C18H14ClN3OS. The summed E-state index contributed by atoms with van der Waals surface area (Å²) >= 11 is 7.31. The highest BCUT2D eigenvalue weighted by Crippen LogP contribution is 2.27. The summed E-state index contributed by atoms with van der Waals surface area (Å²) in [6.07, 6.45) is 1.56. The minimum absolute atomic E-state index is 0.323. The Morgan fingerprint density at radius 2 is 1.88 bits per heavy atom. The lowest BCUT2D eigenvalue weighted by atomic mass is 10.2. The number of halogens is 1. The molecule has 0 saturated carbocycles. The molecule has 1 heterocycles. The Balaban J connectivity index is 1.71. The number of aryl methyl sites for hydroxylation is 1. The number of hydrazone groups is 1. The predicted octanol–water partition coefficient (Wildman–Crippen LogP) is 4.54. The van der Waals surface area contributed by atoms with Gasteiger partial charge in [-0.3, -0.25) is 4.79 Å². The molecule has 2 aromatic carbocycles. The highest BCUT2D eigenvalue weighted by atomic mass is 35.5. The summed E-state index contributed by atoms with van der Waals surface area (Å²) in [4.78, 5) is 17.5. The maximum Gasteiger partial charge on any atom is 0.291 e. The number of carbonyl (C=O) groups is 1. The second-order valence-electron chi connectivity index (χ2n) is 5.04. The number of rotatable bonds is 4. The summed E-state index contributed by atoms with van der Waals surface area (Å²) in [7, 11) is 0. The smallest absolute Gasteiger partial charge is 0.266 e. The van der Waals surface area contributed by atoms with Crippen molar-refractivity contribution in [2.24, 2.45) is 5.10 Å². The molecule has 0 spiro atoms. The van der Waals surface area contributed by atoms with E-state index in [1.807, 2.05) is 49.4 Å². The van der Waals surface area contributed by atoms with Gasteiger partial charge in [0.25, 0.3) is 5.91 Å². The number of benzene rings is 2. The predicted molar refractivity (Wildman–Crippen MR) is 98.8 cm³/mol. The first-order valence-corrected chi connectivity index (χ1v) is 8.45. The molecule has 0 bridgehead atoms. The monoisotopic (exact) mass is 355 g/mol. The first-order valence-electron chi connectivity index (χ1n) is 7.25. The summed E-state index contributed by atoms with van der Waals surface area (Å²) in [5, 5.41) is 5.44. The lowest BCUT2D eigenvalue weighted by Gasteiger charge is -1.97. The third-order valence-corrected chi connectivity index (χ3v) is 4.55. The number of hydrogen-bond acceptors (Lipinski definition) is 4. The molecule has 1 N–H and O–H groups in total. The number of thiazole rings is 1. The number of nitrogens with zero attached hydrogens (tertiary/aromatic N) is 2. The number of aromatic nitrogens is 1. The molecule has 0 aliphatic heterocycles. The molecular weight excluding hydrogens is 342 g/mol. The van der Waals surface area contributed by atoms with Crippen LogP contribution in [0.25, 0.3) is 10.6 Å². The topological polar surface area (TPSA) is 54.4 Å². The van der Waals surface area contributed by atoms with Gasteiger partial charge < -0.3 is 0 Å². The van der Waals surface area contributed by atoms with Crippen LogP contribution in [0.1, 0.15) is 20.9 Å². The van der Waals surface area contributed by atoms with E-state index in [1.165, 1.54) is 11.3 Å². The molecule has 3 aromatic rings. The van der Waals surface area contributed by atoms with Gasteiger partial charge in [0.15, 0.2) is 0 Å². The molecule has 3 rings (SSSR count). The van der Waals surface area contributed by atoms with Crippen LogP contribution < -0.4 is 5.43 Å². The zero-order chi connectivity index (χ0) is 16.9. The van der Waals surface area contributed by atoms with Gasteiger partial charge >= 0.3 is 0 Å². The van der Waals surface area contributed by atoms with E-state index < -0.39 is 0 Å². The Bertz CT molecular complexity index is 873. The fourth-order valence-corrected chi connectivity index (χ4v) is 3.12. The third-order valence-electron chi connectivity index (χ3n) is 3.28. The molecule has 6 heteroatoms. The quantitative estimate of drug-likeness (QED) is 0.552. The maximum absolute atomic E-state index is 12.3. The molecule has 0 unspecified atom stereocenters. The van der Waals surface area contributed by atoms with Crippen molar-refractivity contribution in [1.29, 1.82) is 0 Å². The highest BCUT2D eigenvalue weighted by Gasteiger charge is 2.15. The van der Waals surface area contributed by atoms with Crippen molar-refractivity contribution in [3.63, 3.8) is 0 Å². The molecule has 0 radical (unpaired) electrons. The van der Waals surface area contributed by atoms with Crippen molar-refractivity contribution in [2.75, 3.05) is 0 Å². The fraction of sp³-hybridized carbons (Fsp3) is 0.0556. The average Bonchev–Trinajstić information content (AvgIpc) is 2.99. The van der Waals surface area contributed by atoms with Gasteiger partial charge in [-0.2, -0.15) is 5.10 Å². The Morgan fingerprint density at radius 3 is 2.58 bits per heavy atom. The van der Waals surface area contributed by atoms with E-state index in [9.17, 15) is 4.79 Å². The van der Waals surface area contributed by atoms with Gasteiger partial charge in [0.1, 0.15) is 10.7 Å². The second-order valence-corrected chi connectivity index (χ2v) is 6.68. The van der Waals surface area contributed by atoms with E-state index in [2.05, 4.69) is 15.5 Å². The molecule has 0 aliphatic rings. The first kappa shape index (κ1) is 16.4. The van der Waals surface area contributed by atoms with Crippen molar-refractivity contribution in [2.45, 2.75) is 6.92 Å². The minimum atomic E-state index is -0.323. The standard InChI is InChI=1S/C18H14ClN3OS/c1-12-16(21-18(24-12)14-5-3-2-4-6-14)17(23)22-20-11-13-7-9-15(19)10-8-13/h2-11H,1H3,(H,22,23)/b20-11-. The van der Waals surface area contributed by atoms with Crippen LogP contribution in [-0.4, -0.2) is 17.1 Å². The van der Waals surface area contributed by atoms with Gasteiger partial charge in [0, 0.05) is 15.5 Å². The van der Waals surface area contributed by atoms with Crippen molar-refractivity contribution in [1.82, 2.24) is 10.4 Å². The van der Waals surface area contributed by atoms with E-state index >= 15 is 0 Å². The highest BCUT2D eigenvalue weighted by molar-refractivity contribution is 7.15. The molecule has 0 saturated heterocycles. The number of carbonyl (C=O) groups excluding carboxylic acids is 1. The van der Waals surface area contributed by atoms with E-state index in [1.54, 1.807) is 18.3 Å². The van der Waals surface area contributed by atoms with Crippen LogP contribution in [-0.2, 0) is 0 Å².